The number of nitrogens with zero attached hydrogens (tertiary/aromatic N) is 1. The zero-order chi connectivity index (χ0) is 13.2. The lowest BCUT2D eigenvalue weighted by Gasteiger charge is -2.14. The van der Waals surface area contributed by atoms with Gasteiger partial charge in [0.15, 0.2) is 0 Å². The van der Waals surface area contributed by atoms with Crippen molar-refractivity contribution in [3.63, 3.8) is 0 Å². The molecule has 2 unspecified atom stereocenters. The third-order valence-electron chi connectivity index (χ3n) is 3.78. The lowest BCUT2D eigenvalue weighted by molar-refractivity contribution is 0.108. The smallest absolute Gasteiger partial charge is 0.126 e. The highest BCUT2D eigenvalue weighted by Crippen LogP contribution is 2.25. The van der Waals surface area contributed by atoms with Crippen LogP contribution in [0.4, 0.5) is 11.5 Å². The van der Waals surface area contributed by atoms with Crippen molar-refractivity contribution in [2.75, 3.05) is 18.2 Å². The van der Waals surface area contributed by atoms with E-state index in [0.717, 1.165) is 41.7 Å². The number of methoxy groups -OCH3 is 1. The minimum Gasteiger partial charge on any atom is -0.399 e. The Morgan fingerprint density at radius 1 is 1.26 bits per heavy atom. The summed E-state index contributed by atoms with van der Waals surface area (Å²) in [5, 5.41) is 4.57. The molecule has 1 aromatic carbocycles. The topological polar surface area (TPSA) is 60.2 Å². The highest BCUT2D eigenvalue weighted by atomic mass is 16.5. The van der Waals surface area contributed by atoms with Gasteiger partial charge in [0.2, 0.25) is 0 Å². The van der Waals surface area contributed by atoms with Crippen molar-refractivity contribution in [2.24, 2.45) is 0 Å². The number of rotatable bonds is 3. The maximum Gasteiger partial charge on any atom is 0.126 e. The van der Waals surface area contributed by atoms with E-state index in [0.29, 0.717) is 12.1 Å². The summed E-state index contributed by atoms with van der Waals surface area (Å²) in [6.45, 7) is 0. The van der Waals surface area contributed by atoms with Crippen LogP contribution in [0.1, 0.15) is 19.3 Å². The quantitative estimate of drug-likeness (QED) is 0.830. The number of fused-ring (bicyclic) bond motifs is 1. The highest BCUT2D eigenvalue weighted by Gasteiger charge is 2.24. The van der Waals surface area contributed by atoms with Crippen molar-refractivity contribution in [2.45, 2.75) is 31.4 Å². The van der Waals surface area contributed by atoms with E-state index in [1.165, 1.54) is 0 Å². The van der Waals surface area contributed by atoms with Crippen molar-refractivity contribution in [1.29, 1.82) is 0 Å². The van der Waals surface area contributed by atoms with E-state index in [2.05, 4.69) is 16.4 Å². The molecule has 0 aliphatic heterocycles. The summed E-state index contributed by atoms with van der Waals surface area (Å²) in [5.41, 5.74) is 7.51. The molecule has 0 saturated heterocycles. The third kappa shape index (κ3) is 2.63. The van der Waals surface area contributed by atoms with Crippen LogP contribution in [0.15, 0.2) is 30.3 Å². The lowest BCUT2D eigenvalue weighted by Crippen LogP contribution is -2.17. The van der Waals surface area contributed by atoms with Gasteiger partial charge in [0.25, 0.3) is 0 Å². The van der Waals surface area contributed by atoms with Crippen LogP contribution in [-0.4, -0.2) is 24.2 Å². The number of benzene rings is 1. The molecule has 1 aromatic heterocycles. The molecule has 3 rings (SSSR count). The molecule has 1 saturated carbocycles. The zero-order valence-electron chi connectivity index (χ0n) is 11.1. The summed E-state index contributed by atoms with van der Waals surface area (Å²) >= 11 is 0. The Balaban J connectivity index is 1.77. The Hall–Kier alpha value is -1.81. The number of nitrogens with two attached hydrogens (primary N) is 1. The monoisotopic (exact) mass is 257 g/mol. The molecule has 0 bridgehead atoms. The molecule has 100 valence electrons. The first-order valence-corrected chi connectivity index (χ1v) is 6.70. The van der Waals surface area contributed by atoms with E-state index in [9.17, 15) is 0 Å². The van der Waals surface area contributed by atoms with Crippen molar-refractivity contribution >= 4 is 22.4 Å². The first kappa shape index (κ1) is 12.2. The molecule has 0 spiro atoms. The summed E-state index contributed by atoms with van der Waals surface area (Å²) in [4.78, 5) is 4.62. The fourth-order valence-corrected chi connectivity index (χ4v) is 2.72. The lowest BCUT2D eigenvalue weighted by atomic mass is 10.2. The predicted molar refractivity (Wildman–Crippen MR) is 78.2 cm³/mol. The van der Waals surface area contributed by atoms with E-state index < -0.39 is 0 Å². The maximum atomic E-state index is 5.77. The first-order valence-electron chi connectivity index (χ1n) is 6.70. The Labute approximate surface area is 113 Å². The van der Waals surface area contributed by atoms with Gasteiger partial charge in [0.05, 0.1) is 11.6 Å². The minimum absolute atomic E-state index is 0.387. The normalized spacial score (nSPS) is 22.8. The number of nitrogen functional groups attached to an aromatic ring is 1. The van der Waals surface area contributed by atoms with Gasteiger partial charge in [-0.15, -0.1) is 0 Å². The number of aromatic nitrogens is 1. The largest absolute Gasteiger partial charge is 0.399 e. The van der Waals surface area contributed by atoms with Gasteiger partial charge < -0.3 is 15.8 Å². The Bertz CT molecular complexity index is 585. The second-order valence-corrected chi connectivity index (χ2v) is 5.16. The second kappa shape index (κ2) is 5.05. The molecule has 0 amide bonds. The van der Waals surface area contributed by atoms with Crippen molar-refractivity contribution in [3.05, 3.63) is 30.3 Å². The molecule has 2 atom stereocenters. The molecule has 2 aromatic rings. The SMILES string of the molecule is COC1CCC(Nc2ccc3cc(N)ccc3n2)C1. The molecule has 4 nitrogen and oxygen atoms in total. The van der Waals surface area contributed by atoms with Gasteiger partial charge in [-0.25, -0.2) is 4.98 Å². The highest BCUT2D eigenvalue weighted by molar-refractivity contribution is 5.83. The standard InChI is InChI=1S/C15H19N3O/c1-19-13-5-4-12(9-13)17-15-7-2-10-8-11(16)3-6-14(10)18-15/h2-3,6-8,12-13H,4-5,9,16H2,1H3,(H,17,18). The van der Waals surface area contributed by atoms with Crippen LogP contribution >= 0.6 is 0 Å². The zero-order valence-corrected chi connectivity index (χ0v) is 11.1. The molecule has 1 fully saturated rings. The Morgan fingerprint density at radius 3 is 2.95 bits per heavy atom. The Kier molecular flexibility index (Phi) is 3.25. The molecule has 1 aliphatic carbocycles. The van der Waals surface area contributed by atoms with Gasteiger partial charge in [0, 0.05) is 24.2 Å². The summed E-state index contributed by atoms with van der Waals surface area (Å²) in [6, 6.07) is 10.3. The molecule has 3 N–H and O–H groups in total. The molecule has 4 heteroatoms. The van der Waals surface area contributed by atoms with E-state index >= 15 is 0 Å². The molecule has 19 heavy (non-hydrogen) atoms. The van der Waals surface area contributed by atoms with Gasteiger partial charge in [-0.1, -0.05) is 0 Å². The van der Waals surface area contributed by atoms with Gasteiger partial charge in [-0.05, 0) is 49.6 Å². The summed E-state index contributed by atoms with van der Waals surface area (Å²) in [6.07, 6.45) is 3.70. The van der Waals surface area contributed by atoms with E-state index in [-0.39, 0.29) is 0 Å². The molecular weight excluding hydrogens is 238 g/mol. The van der Waals surface area contributed by atoms with Gasteiger partial charge in [0.1, 0.15) is 5.82 Å². The minimum atomic E-state index is 0.387. The van der Waals surface area contributed by atoms with Gasteiger partial charge in [-0.3, -0.25) is 0 Å². The molecule has 1 heterocycles. The van der Waals surface area contributed by atoms with Crippen LogP contribution in [-0.2, 0) is 4.74 Å². The number of pyridine rings is 1. The average Bonchev–Trinajstić information content (AvgIpc) is 2.86. The molecule has 0 radical (unpaired) electrons. The van der Waals surface area contributed by atoms with E-state index in [1.54, 1.807) is 7.11 Å². The molecule has 1 aliphatic rings. The van der Waals surface area contributed by atoms with Crippen LogP contribution in [0.3, 0.4) is 0 Å². The van der Waals surface area contributed by atoms with Gasteiger partial charge in [-0.2, -0.15) is 0 Å². The number of ether oxygens (including phenoxy) is 1. The van der Waals surface area contributed by atoms with Crippen LogP contribution in [0.2, 0.25) is 0 Å². The predicted octanol–water partition coefficient (Wildman–Crippen LogP) is 2.80. The fourth-order valence-electron chi connectivity index (χ4n) is 2.72. The summed E-state index contributed by atoms with van der Waals surface area (Å²) in [5.74, 6) is 0.930. The summed E-state index contributed by atoms with van der Waals surface area (Å²) in [7, 11) is 1.78. The van der Waals surface area contributed by atoms with Crippen molar-refractivity contribution in [3.8, 4) is 0 Å². The third-order valence-corrected chi connectivity index (χ3v) is 3.78. The van der Waals surface area contributed by atoms with Crippen LogP contribution in [0.5, 0.6) is 0 Å². The van der Waals surface area contributed by atoms with Gasteiger partial charge >= 0.3 is 0 Å². The number of hydrogen-bond acceptors (Lipinski definition) is 4. The van der Waals surface area contributed by atoms with Crippen molar-refractivity contribution < 1.29 is 4.74 Å². The van der Waals surface area contributed by atoms with E-state index in [1.807, 2.05) is 24.3 Å². The number of anilines is 2. The first-order chi connectivity index (χ1) is 9.24. The van der Waals surface area contributed by atoms with Crippen LogP contribution in [0, 0.1) is 0 Å². The van der Waals surface area contributed by atoms with Crippen LogP contribution in [0.25, 0.3) is 10.9 Å². The van der Waals surface area contributed by atoms with Crippen LogP contribution < -0.4 is 11.1 Å². The second-order valence-electron chi connectivity index (χ2n) is 5.16. The average molecular weight is 257 g/mol. The maximum absolute atomic E-state index is 5.77. The number of hydrogen-bond donors (Lipinski definition) is 2. The van der Waals surface area contributed by atoms with Crippen molar-refractivity contribution in [1.82, 2.24) is 4.98 Å². The number of nitrogens with one attached hydrogen (secondary N) is 1. The summed E-state index contributed by atoms with van der Waals surface area (Å²) < 4.78 is 5.39. The fraction of sp³-hybridized carbons (Fsp3) is 0.400. The molecular formula is C15H19N3O. The Morgan fingerprint density at radius 2 is 2.16 bits per heavy atom. The van der Waals surface area contributed by atoms with E-state index in [4.69, 9.17) is 10.5 Å².